The fourth-order valence-corrected chi connectivity index (χ4v) is 3.25. The maximum absolute atomic E-state index is 3.34. The van der Waals surface area contributed by atoms with Crippen LogP contribution in [0.3, 0.4) is 0 Å². The van der Waals surface area contributed by atoms with Crippen molar-refractivity contribution in [2.24, 2.45) is 0 Å². The van der Waals surface area contributed by atoms with E-state index >= 15 is 0 Å². The van der Waals surface area contributed by atoms with Crippen LogP contribution in [0.15, 0.2) is 18.2 Å². The van der Waals surface area contributed by atoms with Gasteiger partial charge in [-0.15, -0.1) is 0 Å². The molecule has 1 fully saturated rings. The highest BCUT2D eigenvalue weighted by Gasteiger charge is 2.51. The van der Waals surface area contributed by atoms with E-state index in [1.165, 1.54) is 24.8 Å². The smallest absolute Gasteiger partial charge is 0.00175 e. The van der Waals surface area contributed by atoms with Crippen LogP contribution in [0.2, 0.25) is 0 Å². The molecule has 3 rings (SSSR count). The molecule has 1 unspecified atom stereocenters. The Kier molecular flexibility index (Phi) is 1.93. The minimum absolute atomic E-state index is 0.602. The SMILES string of the molecule is CNCC1CC2(CC2)c2ccc(C)cc21. The van der Waals surface area contributed by atoms with Gasteiger partial charge in [0, 0.05) is 6.54 Å². The molecule has 2 aliphatic rings. The third-order valence-corrected chi connectivity index (χ3v) is 4.16. The number of benzene rings is 1. The van der Waals surface area contributed by atoms with Crippen molar-refractivity contribution in [3.63, 3.8) is 0 Å². The average molecular weight is 201 g/mol. The lowest BCUT2D eigenvalue weighted by Crippen LogP contribution is -2.15. The number of nitrogens with one attached hydrogen (secondary N) is 1. The lowest BCUT2D eigenvalue weighted by molar-refractivity contribution is 0.555. The molecule has 1 spiro atoms. The van der Waals surface area contributed by atoms with E-state index in [9.17, 15) is 0 Å². The van der Waals surface area contributed by atoms with Crippen molar-refractivity contribution in [2.45, 2.75) is 37.5 Å². The van der Waals surface area contributed by atoms with Crippen LogP contribution >= 0.6 is 0 Å². The van der Waals surface area contributed by atoms with Crippen LogP contribution in [0, 0.1) is 6.92 Å². The lowest BCUT2D eigenvalue weighted by Gasteiger charge is -2.10. The van der Waals surface area contributed by atoms with E-state index in [1.807, 2.05) is 0 Å². The van der Waals surface area contributed by atoms with Gasteiger partial charge in [0.2, 0.25) is 0 Å². The van der Waals surface area contributed by atoms with Crippen LogP contribution < -0.4 is 5.32 Å². The molecule has 1 heteroatoms. The zero-order chi connectivity index (χ0) is 10.5. The van der Waals surface area contributed by atoms with Gasteiger partial charge in [-0.25, -0.2) is 0 Å². The third kappa shape index (κ3) is 1.33. The predicted molar refractivity (Wildman–Crippen MR) is 63.4 cm³/mol. The molecule has 15 heavy (non-hydrogen) atoms. The minimum Gasteiger partial charge on any atom is -0.319 e. The largest absolute Gasteiger partial charge is 0.319 e. The number of fused-ring (bicyclic) bond motifs is 2. The summed E-state index contributed by atoms with van der Waals surface area (Å²) < 4.78 is 0. The zero-order valence-electron chi connectivity index (χ0n) is 9.64. The van der Waals surface area contributed by atoms with Crippen LogP contribution in [0.4, 0.5) is 0 Å². The highest BCUT2D eigenvalue weighted by atomic mass is 14.8. The molecule has 2 aliphatic carbocycles. The summed E-state index contributed by atoms with van der Waals surface area (Å²) in [6, 6.07) is 7.07. The fraction of sp³-hybridized carbons (Fsp3) is 0.571. The molecule has 0 aliphatic heterocycles. The summed E-state index contributed by atoms with van der Waals surface area (Å²) >= 11 is 0. The molecule has 1 atom stereocenters. The quantitative estimate of drug-likeness (QED) is 0.776. The van der Waals surface area contributed by atoms with Crippen molar-refractivity contribution >= 4 is 0 Å². The van der Waals surface area contributed by atoms with Crippen LogP contribution in [0.5, 0.6) is 0 Å². The molecule has 1 nitrogen and oxygen atoms in total. The van der Waals surface area contributed by atoms with Gasteiger partial charge in [-0.1, -0.05) is 23.8 Å². The van der Waals surface area contributed by atoms with Crippen molar-refractivity contribution in [3.05, 3.63) is 34.9 Å². The van der Waals surface area contributed by atoms with Crippen LogP contribution in [-0.2, 0) is 5.41 Å². The third-order valence-electron chi connectivity index (χ3n) is 4.16. The van der Waals surface area contributed by atoms with Gasteiger partial charge in [0.1, 0.15) is 0 Å². The van der Waals surface area contributed by atoms with Gasteiger partial charge in [-0.2, -0.15) is 0 Å². The fourth-order valence-electron chi connectivity index (χ4n) is 3.25. The monoisotopic (exact) mass is 201 g/mol. The Labute approximate surface area is 91.9 Å². The molecule has 1 aromatic rings. The number of hydrogen-bond donors (Lipinski definition) is 1. The van der Waals surface area contributed by atoms with E-state index < -0.39 is 0 Å². The number of rotatable bonds is 2. The van der Waals surface area contributed by atoms with E-state index in [-0.39, 0.29) is 0 Å². The molecule has 0 amide bonds. The van der Waals surface area contributed by atoms with E-state index in [4.69, 9.17) is 0 Å². The molecule has 0 saturated heterocycles. The molecule has 80 valence electrons. The zero-order valence-corrected chi connectivity index (χ0v) is 9.64. The first-order valence-corrected chi connectivity index (χ1v) is 6.01. The number of aryl methyl sites for hydroxylation is 1. The van der Waals surface area contributed by atoms with Gasteiger partial charge >= 0.3 is 0 Å². The predicted octanol–water partition coefficient (Wildman–Crippen LogP) is 2.73. The molecule has 0 heterocycles. The standard InChI is InChI=1S/C14H19N/c1-10-3-4-13-12(7-10)11(9-15-2)8-14(13)5-6-14/h3-4,7,11,15H,5-6,8-9H2,1-2H3. The molecular formula is C14H19N. The second kappa shape index (κ2) is 3.08. The van der Waals surface area contributed by atoms with Crippen molar-refractivity contribution in [1.29, 1.82) is 0 Å². The highest BCUT2D eigenvalue weighted by Crippen LogP contribution is 2.60. The summed E-state index contributed by atoms with van der Waals surface area (Å²) in [5, 5.41) is 3.34. The van der Waals surface area contributed by atoms with Gasteiger partial charge in [-0.3, -0.25) is 0 Å². The Morgan fingerprint density at radius 2 is 2.20 bits per heavy atom. The normalized spacial score (nSPS) is 25.6. The molecule has 0 bridgehead atoms. The van der Waals surface area contributed by atoms with Crippen LogP contribution in [-0.4, -0.2) is 13.6 Å². The lowest BCUT2D eigenvalue weighted by atomic mass is 9.98. The second-order valence-electron chi connectivity index (χ2n) is 5.33. The van der Waals surface area contributed by atoms with E-state index in [1.54, 1.807) is 11.1 Å². The van der Waals surface area contributed by atoms with Crippen molar-refractivity contribution in [2.75, 3.05) is 13.6 Å². The minimum atomic E-state index is 0.602. The van der Waals surface area contributed by atoms with Crippen molar-refractivity contribution in [3.8, 4) is 0 Å². The van der Waals surface area contributed by atoms with Crippen LogP contribution in [0.1, 0.15) is 41.9 Å². The first-order valence-electron chi connectivity index (χ1n) is 6.01. The first-order chi connectivity index (χ1) is 7.25. The Balaban J connectivity index is 2.04. The Morgan fingerprint density at radius 1 is 1.40 bits per heavy atom. The first kappa shape index (κ1) is 9.41. The molecule has 0 aromatic heterocycles. The second-order valence-corrected chi connectivity index (χ2v) is 5.33. The Bertz CT molecular complexity index is 390. The van der Waals surface area contributed by atoms with Gasteiger partial charge in [0.15, 0.2) is 0 Å². The molecule has 0 radical (unpaired) electrons. The Hall–Kier alpha value is -0.820. The van der Waals surface area contributed by atoms with Gasteiger partial charge < -0.3 is 5.32 Å². The number of hydrogen-bond acceptors (Lipinski definition) is 1. The van der Waals surface area contributed by atoms with Gasteiger partial charge in [0.05, 0.1) is 0 Å². The van der Waals surface area contributed by atoms with Gasteiger partial charge in [0.25, 0.3) is 0 Å². The maximum atomic E-state index is 3.34. The molecule has 1 saturated carbocycles. The topological polar surface area (TPSA) is 12.0 Å². The van der Waals surface area contributed by atoms with Crippen molar-refractivity contribution in [1.82, 2.24) is 5.32 Å². The average Bonchev–Trinajstić information content (AvgIpc) is 2.91. The van der Waals surface area contributed by atoms with Crippen molar-refractivity contribution < 1.29 is 0 Å². The number of likely N-dealkylation sites (N-methyl/N-ethyl adjacent to an activating group) is 1. The van der Waals surface area contributed by atoms with Crippen LogP contribution in [0.25, 0.3) is 0 Å². The maximum Gasteiger partial charge on any atom is 0.00175 e. The van der Waals surface area contributed by atoms with E-state index in [0.717, 1.165) is 12.5 Å². The summed E-state index contributed by atoms with van der Waals surface area (Å²) in [4.78, 5) is 0. The molecule has 1 aromatic carbocycles. The summed E-state index contributed by atoms with van der Waals surface area (Å²) in [7, 11) is 2.06. The summed E-state index contributed by atoms with van der Waals surface area (Å²) in [5.74, 6) is 0.757. The summed E-state index contributed by atoms with van der Waals surface area (Å²) in [6.07, 6.45) is 4.22. The molecule has 1 N–H and O–H groups in total. The van der Waals surface area contributed by atoms with E-state index in [2.05, 4.69) is 37.5 Å². The highest BCUT2D eigenvalue weighted by molar-refractivity contribution is 5.48. The summed E-state index contributed by atoms with van der Waals surface area (Å²) in [6.45, 7) is 3.34. The van der Waals surface area contributed by atoms with Gasteiger partial charge in [-0.05, 0) is 55.7 Å². The molecular weight excluding hydrogens is 182 g/mol. The summed E-state index contributed by atoms with van der Waals surface area (Å²) in [5.41, 5.74) is 5.30. The van der Waals surface area contributed by atoms with E-state index in [0.29, 0.717) is 5.41 Å². The Morgan fingerprint density at radius 3 is 2.87 bits per heavy atom.